The number of nitrogens with zero attached hydrogens (tertiary/aromatic N) is 1. The first kappa shape index (κ1) is 9.21. The summed E-state index contributed by atoms with van der Waals surface area (Å²) in [4.78, 5) is 4.37. The van der Waals surface area contributed by atoms with Gasteiger partial charge in [-0.2, -0.15) is 0 Å². The molecule has 3 nitrogen and oxygen atoms in total. The molecule has 0 fully saturated rings. The molecule has 2 aromatic rings. The Hall–Kier alpha value is -2.03. The van der Waals surface area contributed by atoms with Crippen molar-refractivity contribution in [2.75, 3.05) is 12.3 Å². The van der Waals surface area contributed by atoms with Gasteiger partial charge in [0.25, 0.3) is 0 Å². The Balaban J connectivity index is 2.25. The van der Waals surface area contributed by atoms with Gasteiger partial charge in [-0.3, -0.25) is 0 Å². The maximum absolute atomic E-state index is 5.70. The van der Waals surface area contributed by atoms with Crippen LogP contribution in [0.2, 0.25) is 0 Å². The highest BCUT2D eigenvalue weighted by Crippen LogP contribution is 2.34. The van der Waals surface area contributed by atoms with Gasteiger partial charge in [-0.15, -0.1) is 0 Å². The maximum atomic E-state index is 5.70. The lowest BCUT2D eigenvalue weighted by Gasteiger charge is -2.07. The Morgan fingerprint density at radius 2 is 1.94 bits per heavy atom. The second kappa shape index (κ2) is 3.52. The van der Waals surface area contributed by atoms with Crippen molar-refractivity contribution in [3.05, 3.63) is 42.1 Å². The lowest BCUT2D eigenvalue weighted by molar-refractivity contribution is 0.325. The standard InChI is InChI=1S/C13H12N2O/c14-13-6-5-9-10-3-1-2-4-12(10)16-8-7-11(9)15-13/h1-6H,7-8H2,(H2,14,15). The van der Waals surface area contributed by atoms with Gasteiger partial charge in [0.15, 0.2) is 0 Å². The number of nitrogens with two attached hydrogens (primary N) is 1. The molecule has 0 aliphatic carbocycles. The first-order valence-corrected chi connectivity index (χ1v) is 5.32. The number of pyridine rings is 1. The van der Waals surface area contributed by atoms with Crippen molar-refractivity contribution in [1.29, 1.82) is 0 Å². The number of nitrogen functional groups attached to an aromatic ring is 1. The summed E-state index contributed by atoms with van der Waals surface area (Å²) < 4.78 is 5.69. The second-order valence-electron chi connectivity index (χ2n) is 3.82. The van der Waals surface area contributed by atoms with Crippen LogP contribution in [0.25, 0.3) is 11.1 Å². The van der Waals surface area contributed by atoms with E-state index < -0.39 is 0 Å². The van der Waals surface area contributed by atoms with Crippen LogP contribution in [0, 0.1) is 0 Å². The number of hydrogen-bond donors (Lipinski definition) is 1. The van der Waals surface area contributed by atoms with Crippen LogP contribution in [0.15, 0.2) is 36.4 Å². The molecule has 0 bridgehead atoms. The van der Waals surface area contributed by atoms with E-state index in [-0.39, 0.29) is 0 Å². The molecular weight excluding hydrogens is 200 g/mol. The average molecular weight is 212 g/mol. The summed E-state index contributed by atoms with van der Waals surface area (Å²) in [7, 11) is 0. The van der Waals surface area contributed by atoms with E-state index in [0.717, 1.165) is 29.0 Å². The number of fused-ring (bicyclic) bond motifs is 3. The molecule has 2 N–H and O–H groups in total. The van der Waals surface area contributed by atoms with Crippen molar-refractivity contribution < 1.29 is 4.74 Å². The first-order chi connectivity index (χ1) is 7.84. The Bertz CT molecular complexity index is 537. The highest BCUT2D eigenvalue weighted by molar-refractivity contribution is 5.73. The van der Waals surface area contributed by atoms with E-state index in [1.807, 2.05) is 30.3 Å². The largest absolute Gasteiger partial charge is 0.493 e. The molecule has 0 saturated carbocycles. The van der Waals surface area contributed by atoms with Crippen molar-refractivity contribution in [3.63, 3.8) is 0 Å². The van der Waals surface area contributed by atoms with E-state index in [0.29, 0.717) is 12.4 Å². The molecule has 0 radical (unpaired) electrons. The fourth-order valence-electron chi connectivity index (χ4n) is 2.03. The van der Waals surface area contributed by atoms with E-state index in [1.165, 1.54) is 0 Å². The molecule has 0 spiro atoms. The fraction of sp³-hybridized carbons (Fsp3) is 0.154. The molecule has 3 heteroatoms. The minimum Gasteiger partial charge on any atom is -0.493 e. The Labute approximate surface area is 93.9 Å². The third-order valence-electron chi connectivity index (χ3n) is 2.77. The molecule has 2 heterocycles. The predicted octanol–water partition coefficient (Wildman–Crippen LogP) is 2.27. The number of hydrogen-bond acceptors (Lipinski definition) is 3. The van der Waals surface area contributed by atoms with Gasteiger partial charge in [0.05, 0.1) is 12.3 Å². The van der Waals surface area contributed by atoms with Crippen molar-refractivity contribution in [1.82, 2.24) is 4.98 Å². The van der Waals surface area contributed by atoms with Crippen LogP contribution < -0.4 is 10.5 Å². The van der Waals surface area contributed by atoms with E-state index in [1.54, 1.807) is 0 Å². The van der Waals surface area contributed by atoms with Crippen LogP contribution in [0.3, 0.4) is 0 Å². The topological polar surface area (TPSA) is 48.1 Å². The van der Waals surface area contributed by atoms with Gasteiger partial charge < -0.3 is 10.5 Å². The van der Waals surface area contributed by atoms with Crippen LogP contribution in [0.1, 0.15) is 5.69 Å². The smallest absolute Gasteiger partial charge is 0.127 e. The Kier molecular flexibility index (Phi) is 2.03. The van der Waals surface area contributed by atoms with E-state index in [9.17, 15) is 0 Å². The summed E-state index contributed by atoms with van der Waals surface area (Å²) in [5, 5.41) is 0. The molecular formula is C13H12N2O. The lowest BCUT2D eigenvalue weighted by atomic mass is 10.0. The molecule has 1 aromatic heterocycles. The van der Waals surface area contributed by atoms with Gasteiger partial charge in [-0.05, 0) is 18.2 Å². The lowest BCUT2D eigenvalue weighted by Crippen LogP contribution is -2.01. The van der Waals surface area contributed by atoms with Crippen molar-refractivity contribution >= 4 is 5.82 Å². The summed E-state index contributed by atoms with van der Waals surface area (Å²) in [6.07, 6.45) is 0.801. The van der Waals surface area contributed by atoms with Crippen LogP contribution in [0.5, 0.6) is 5.75 Å². The van der Waals surface area contributed by atoms with Crippen LogP contribution in [-0.4, -0.2) is 11.6 Å². The third-order valence-corrected chi connectivity index (χ3v) is 2.77. The van der Waals surface area contributed by atoms with Crippen LogP contribution >= 0.6 is 0 Å². The molecule has 0 saturated heterocycles. The highest BCUT2D eigenvalue weighted by atomic mass is 16.5. The normalized spacial score (nSPS) is 13.2. The summed E-state index contributed by atoms with van der Waals surface area (Å²) in [6, 6.07) is 11.9. The number of ether oxygens (including phenoxy) is 1. The zero-order chi connectivity index (χ0) is 11.0. The molecule has 3 rings (SSSR count). The Morgan fingerprint density at radius 3 is 2.88 bits per heavy atom. The summed E-state index contributed by atoms with van der Waals surface area (Å²) in [5.41, 5.74) is 8.95. The molecule has 80 valence electrons. The fourth-order valence-corrected chi connectivity index (χ4v) is 2.03. The third kappa shape index (κ3) is 1.41. The summed E-state index contributed by atoms with van der Waals surface area (Å²) in [5.74, 6) is 1.49. The second-order valence-corrected chi connectivity index (χ2v) is 3.82. The quantitative estimate of drug-likeness (QED) is 0.728. The Morgan fingerprint density at radius 1 is 1.06 bits per heavy atom. The van der Waals surface area contributed by atoms with Gasteiger partial charge >= 0.3 is 0 Å². The van der Waals surface area contributed by atoms with Crippen LogP contribution in [-0.2, 0) is 6.42 Å². The van der Waals surface area contributed by atoms with Gasteiger partial charge in [0, 0.05) is 17.5 Å². The predicted molar refractivity (Wildman–Crippen MR) is 63.3 cm³/mol. The number of rotatable bonds is 0. The number of benzene rings is 1. The zero-order valence-electron chi connectivity index (χ0n) is 8.81. The average Bonchev–Trinajstić information content (AvgIpc) is 2.47. The maximum Gasteiger partial charge on any atom is 0.127 e. The van der Waals surface area contributed by atoms with E-state index in [4.69, 9.17) is 10.5 Å². The molecule has 1 aliphatic rings. The van der Waals surface area contributed by atoms with Gasteiger partial charge in [-0.25, -0.2) is 4.98 Å². The summed E-state index contributed by atoms with van der Waals surface area (Å²) in [6.45, 7) is 0.653. The highest BCUT2D eigenvalue weighted by Gasteiger charge is 2.15. The molecule has 1 aliphatic heterocycles. The monoisotopic (exact) mass is 212 g/mol. The number of para-hydroxylation sites is 1. The first-order valence-electron chi connectivity index (χ1n) is 5.32. The van der Waals surface area contributed by atoms with Gasteiger partial charge in [0.2, 0.25) is 0 Å². The number of anilines is 1. The van der Waals surface area contributed by atoms with Crippen molar-refractivity contribution in [3.8, 4) is 16.9 Å². The molecule has 0 atom stereocenters. The van der Waals surface area contributed by atoms with E-state index >= 15 is 0 Å². The minimum absolute atomic E-state index is 0.568. The van der Waals surface area contributed by atoms with Crippen LogP contribution in [0.4, 0.5) is 5.82 Å². The van der Waals surface area contributed by atoms with Gasteiger partial charge in [-0.1, -0.05) is 18.2 Å². The van der Waals surface area contributed by atoms with E-state index in [2.05, 4.69) is 11.1 Å². The van der Waals surface area contributed by atoms with Gasteiger partial charge in [0.1, 0.15) is 11.6 Å². The molecule has 0 unspecified atom stereocenters. The molecule has 0 amide bonds. The SMILES string of the molecule is Nc1ccc2c(n1)CCOc1ccccc1-2. The van der Waals surface area contributed by atoms with Crippen molar-refractivity contribution in [2.45, 2.75) is 6.42 Å². The molecule has 16 heavy (non-hydrogen) atoms. The number of aromatic nitrogens is 1. The molecule has 1 aromatic carbocycles. The minimum atomic E-state index is 0.568. The zero-order valence-corrected chi connectivity index (χ0v) is 8.81. The summed E-state index contributed by atoms with van der Waals surface area (Å²) >= 11 is 0. The van der Waals surface area contributed by atoms with Crippen molar-refractivity contribution in [2.24, 2.45) is 0 Å².